The minimum Gasteiger partial charge on any atom is -0.464 e. The van der Waals surface area contributed by atoms with Gasteiger partial charge in [0.15, 0.2) is 5.78 Å². The molecule has 0 saturated carbocycles. The van der Waals surface area contributed by atoms with Crippen molar-refractivity contribution >= 4 is 21.7 Å². The molecule has 38 heavy (non-hydrogen) atoms. The summed E-state index contributed by atoms with van der Waals surface area (Å²) in [5.74, 6) is -1.67. The van der Waals surface area contributed by atoms with Crippen LogP contribution >= 0.6 is 0 Å². The molecule has 2 aromatic carbocycles. The number of Topliss-reactive ketones (excluding diaryl/α,β-unsaturated/α-hetero) is 1. The highest BCUT2D eigenvalue weighted by molar-refractivity contribution is 7.90. The first-order valence-electron chi connectivity index (χ1n) is 12.5. The molecule has 1 atom stereocenters. The van der Waals surface area contributed by atoms with Gasteiger partial charge >= 0.3 is 0 Å². The summed E-state index contributed by atoms with van der Waals surface area (Å²) in [5, 5.41) is 6.03. The maximum absolute atomic E-state index is 15.1. The highest BCUT2D eigenvalue weighted by Crippen LogP contribution is 2.31. The van der Waals surface area contributed by atoms with Crippen molar-refractivity contribution in [3.63, 3.8) is 0 Å². The zero-order valence-corrected chi connectivity index (χ0v) is 22.7. The zero-order chi connectivity index (χ0) is 27.6. The molecule has 3 N–H and O–H groups in total. The summed E-state index contributed by atoms with van der Waals surface area (Å²) in [6.45, 7) is 8.27. The summed E-state index contributed by atoms with van der Waals surface area (Å²) in [6, 6.07) is 8.98. The number of carbonyl (C=O) groups is 2. The second kappa shape index (κ2) is 11.2. The lowest BCUT2D eigenvalue weighted by Gasteiger charge is -2.24. The molecule has 2 heterocycles. The first kappa shape index (κ1) is 27.7. The molecule has 1 unspecified atom stereocenters. The number of ketones is 1. The van der Waals surface area contributed by atoms with Gasteiger partial charge in [-0.3, -0.25) is 9.59 Å². The molecule has 0 spiro atoms. The molecule has 3 aromatic rings. The molecular formula is C28H32FN3O5S. The number of benzene rings is 2. The number of furan rings is 1. The number of sulfonamides is 1. The molecule has 8 nitrogen and oxygen atoms in total. The molecule has 1 saturated heterocycles. The first-order chi connectivity index (χ1) is 18.0. The van der Waals surface area contributed by atoms with Crippen molar-refractivity contribution in [1.29, 1.82) is 0 Å². The molecule has 1 amide bonds. The van der Waals surface area contributed by atoms with Crippen LogP contribution in [0.5, 0.6) is 0 Å². The maximum atomic E-state index is 15.1. The third kappa shape index (κ3) is 5.72. The number of halogens is 1. The molecule has 202 valence electrons. The van der Waals surface area contributed by atoms with E-state index in [1.807, 2.05) is 6.92 Å². The van der Waals surface area contributed by atoms with Gasteiger partial charge in [0.25, 0.3) is 15.9 Å². The van der Waals surface area contributed by atoms with Gasteiger partial charge in [-0.05, 0) is 66.8 Å². The van der Waals surface area contributed by atoms with Crippen molar-refractivity contribution in [2.75, 3.05) is 19.6 Å². The van der Waals surface area contributed by atoms with E-state index in [0.29, 0.717) is 41.1 Å². The SMILES string of the molecule is Cc1cc(-c2ccco2)c(F)cc1Cc1ccc(C)c(S(=O)(=O)NC(=O)C2CNCCN2)c1C(=O)C(C)C. The van der Waals surface area contributed by atoms with Crippen LogP contribution in [0.3, 0.4) is 0 Å². The van der Waals surface area contributed by atoms with Gasteiger partial charge < -0.3 is 15.1 Å². The second-order valence-electron chi connectivity index (χ2n) is 9.86. The van der Waals surface area contributed by atoms with Crippen LogP contribution in [0.2, 0.25) is 0 Å². The van der Waals surface area contributed by atoms with Crippen molar-refractivity contribution in [2.45, 2.75) is 45.1 Å². The fourth-order valence-corrected chi connectivity index (χ4v) is 6.11. The van der Waals surface area contributed by atoms with E-state index < -0.39 is 33.7 Å². The normalized spacial score (nSPS) is 16.0. The van der Waals surface area contributed by atoms with E-state index >= 15 is 4.39 Å². The predicted molar refractivity (Wildman–Crippen MR) is 142 cm³/mol. The Kier molecular flexibility index (Phi) is 8.15. The van der Waals surface area contributed by atoms with Crippen molar-refractivity contribution in [2.24, 2.45) is 5.92 Å². The Morgan fingerprint density at radius 1 is 1.11 bits per heavy atom. The fraction of sp³-hybridized carbons (Fsp3) is 0.357. The minimum absolute atomic E-state index is 0.0185. The van der Waals surface area contributed by atoms with Crippen molar-refractivity contribution in [1.82, 2.24) is 15.4 Å². The highest BCUT2D eigenvalue weighted by Gasteiger charge is 2.32. The van der Waals surface area contributed by atoms with E-state index in [4.69, 9.17) is 4.42 Å². The molecule has 4 rings (SSSR count). The van der Waals surface area contributed by atoms with Crippen LogP contribution in [-0.2, 0) is 21.2 Å². The number of carbonyl (C=O) groups excluding carboxylic acids is 2. The topological polar surface area (TPSA) is 118 Å². The highest BCUT2D eigenvalue weighted by atomic mass is 32.2. The molecule has 10 heteroatoms. The summed E-state index contributed by atoms with van der Waals surface area (Å²) in [4.78, 5) is 26.0. The third-order valence-corrected chi connectivity index (χ3v) is 8.20. The van der Waals surface area contributed by atoms with Gasteiger partial charge in [0.1, 0.15) is 22.5 Å². The lowest BCUT2D eigenvalue weighted by molar-refractivity contribution is -0.121. The van der Waals surface area contributed by atoms with Gasteiger partial charge in [-0.25, -0.2) is 17.5 Å². The van der Waals surface area contributed by atoms with Gasteiger partial charge in [0.2, 0.25) is 0 Å². The summed E-state index contributed by atoms with van der Waals surface area (Å²) in [6.07, 6.45) is 1.59. The van der Waals surface area contributed by atoms with Crippen LogP contribution in [0.4, 0.5) is 4.39 Å². The Labute approximate surface area is 222 Å². The van der Waals surface area contributed by atoms with E-state index in [2.05, 4.69) is 15.4 Å². The molecule has 1 aliphatic heterocycles. The van der Waals surface area contributed by atoms with Gasteiger partial charge in [-0.1, -0.05) is 26.0 Å². The Bertz CT molecular complexity index is 1460. The molecule has 0 radical (unpaired) electrons. The van der Waals surface area contributed by atoms with Gasteiger partial charge in [-0.15, -0.1) is 0 Å². The molecule has 1 aliphatic rings. The summed E-state index contributed by atoms with van der Waals surface area (Å²) in [5.41, 5.74) is 2.47. The third-order valence-electron chi connectivity index (χ3n) is 6.67. The van der Waals surface area contributed by atoms with E-state index in [-0.39, 0.29) is 29.2 Å². The molecule has 1 aromatic heterocycles. The fourth-order valence-electron chi connectivity index (χ4n) is 4.61. The lowest BCUT2D eigenvalue weighted by Crippen LogP contribution is -2.56. The number of piperazine rings is 1. The maximum Gasteiger partial charge on any atom is 0.265 e. The average molecular weight is 542 g/mol. The number of amides is 1. The second-order valence-corrected chi connectivity index (χ2v) is 11.5. The lowest BCUT2D eigenvalue weighted by atomic mass is 9.89. The van der Waals surface area contributed by atoms with Crippen LogP contribution in [0, 0.1) is 25.6 Å². The van der Waals surface area contributed by atoms with Crippen LogP contribution in [0.25, 0.3) is 11.3 Å². The van der Waals surface area contributed by atoms with E-state index in [1.54, 1.807) is 51.1 Å². The summed E-state index contributed by atoms with van der Waals surface area (Å²) < 4.78 is 49.7. The Morgan fingerprint density at radius 3 is 2.50 bits per heavy atom. The quantitative estimate of drug-likeness (QED) is 0.374. The zero-order valence-electron chi connectivity index (χ0n) is 21.9. The predicted octanol–water partition coefficient (Wildman–Crippen LogP) is 3.50. The Hall–Kier alpha value is -3.34. The number of hydrogen-bond donors (Lipinski definition) is 3. The van der Waals surface area contributed by atoms with Gasteiger partial charge in [-0.2, -0.15) is 0 Å². The molecule has 1 fully saturated rings. The Morgan fingerprint density at radius 2 is 1.87 bits per heavy atom. The van der Waals surface area contributed by atoms with Crippen LogP contribution in [0.15, 0.2) is 52.0 Å². The Balaban J connectivity index is 1.77. The largest absolute Gasteiger partial charge is 0.464 e. The number of aryl methyl sites for hydroxylation is 2. The smallest absolute Gasteiger partial charge is 0.265 e. The van der Waals surface area contributed by atoms with Crippen molar-refractivity contribution < 1.29 is 26.8 Å². The first-order valence-corrected chi connectivity index (χ1v) is 14.0. The minimum atomic E-state index is -4.39. The van der Waals surface area contributed by atoms with Crippen LogP contribution in [0.1, 0.15) is 46.5 Å². The van der Waals surface area contributed by atoms with E-state index in [0.717, 1.165) is 5.56 Å². The number of hydrogen-bond acceptors (Lipinski definition) is 7. The summed E-state index contributed by atoms with van der Waals surface area (Å²) in [7, 11) is -4.39. The number of rotatable bonds is 8. The molecular weight excluding hydrogens is 509 g/mol. The molecule has 0 bridgehead atoms. The summed E-state index contributed by atoms with van der Waals surface area (Å²) >= 11 is 0. The standard InChI is InChI=1S/C28H32FN3O5S/c1-16(2)26(33)25-19(13-20-14-22(29)21(12-18(20)4)24-6-5-11-37-24)8-7-17(3)27(25)38(35,36)32-28(34)23-15-30-9-10-31-23/h5-8,11-12,14,16,23,30-31H,9-10,13,15H2,1-4H3,(H,32,34). The van der Waals surface area contributed by atoms with Gasteiger partial charge in [0.05, 0.1) is 11.8 Å². The van der Waals surface area contributed by atoms with Crippen molar-refractivity contribution in [3.05, 3.63) is 76.3 Å². The number of nitrogens with one attached hydrogen (secondary N) is 3. The van der Waals surface area contributed by atoms with Crippen LogP contribution in [-0.4, -0.2) is 45.8 Å². The van der Waals surface area contributed by atoms with Crippen molar-refractivity contribution in [3.8, 4) is 11.3 Å². The molecule has 0 aliphatic carbocycles. The van der Waals surface area contributed by atoms with E-state index in [9.17, 15) is 18.0 Å². The monoisotopic (exact) mass is 541 g/mol. The van der Waals surface area contributed by atoms with E-state index in [1.165, 1.54) is 12.3 Å². The van der Waals surface area contributed by atoms with Crippen LogP contribution < -0.4 is 15.4 Å². The average Bonchev–Trinajstić information content (AvgIpc) is 3.41. The van der Waals surface area contributed by atoms with Gasteiger partial charge in [0, 0.05) is 31.1 Å².